The van der Waals surface area contributed by atoms with E-state index in [9.17, 15) is 4.79 Å². The van der Waals surface area contributed by atoms with E-state index in [-0.39, 0.29) is 11.0 Å². The van der Waals surface area contributed by atoms with Gasteiger partial charge in [-0.1, -0.05) is 78.5 Å². The number of benzene rings is 2. The Hall–Kier alpha value is -2.70. The molecule has 0 bridgehead atoms. The summed E-state index contributed by atoms with van der Waals surface area (Å²) in [4.78, 5) is 14.7. The monoisotopic (exact) mass is 431 g/mol. The van der Waals surface area contributed by atoms with Crippen molar-refractivity contribution in [2.75, 3.05) is 0 Å². The maximum Gasteiger partial charge on any atom is 0.192 e. The van der Waals surface area contributed by atoms with Crippen LogP contribution >= 0.6 is 23.1 Å². The Bertz CT molecular complexity index is 1120. The summed E-state index contributed by atoms with van der Waals surface area (Å²) in [6, 6.07) is 24.1. The fourth-order valence-corrected chi connectivity index (χ4v) is 5.44. The molecule has 6 heteroatoms. The number of carbonyl (C=O) groups excluding carboxylic acids is 1. The molecular formula is C24H21N3OS2. The highest BCUT2D eigenvalue weighted by Crippen LogP contribution is 2.43. The van der Waals surface area contributed by atoms with E-state index >= 15 is 0 Å². The highest BCUT2D eigenvalue weighted by Gasteiger charge is 2.32. The van der Waals surface area contributed by atoms with Gasteiger partial charge in [0.2, 0.25) is 0 Å². The molecule has 4 aromatic rings. The second-order valence-corrected chi connectivity index (χ2v) is 9.50. The summed E-state index contributed by atoms with van der Waals surface area (Å²) in [5.74, 6) is 1.08. The van der Waals surface area contributed by atoms with Crippen LogP contribution in [0.2, 0.25) is 0 Å². The zero-order chi connectivity index (χ0) is 20.3. The minimum Gasteiger partial charge on any atom is -0.303 e. The third-order valence-corrected chi connectivity index (χ3v) is 7.27. The summed E-state index contributed by atoms with van der Waals surface area (Å²) >= 11 is 3.26. The van der Waals surface area contributed by atoms with Crippen LogP contribution in [0.1, 0.15) is 50.8 Å². The van der Waals surface area contributed by atoms with Gasteiger partial charge in [0.15, 0.2) is 10.9 Å². The molecule has 0 N–H and O–H groups in total. The second kappa shape index (κ2) is 8.58. The number of hydrogen-bond donors (Lipinski definition) is 0. The number of ketones is 1. The van der Waals surface area contributed by atoms with Crippen LogP contribution in [0, 0.1) is 0 Å². The molecule has 30 heavy (non-hydrogen) atoms. The quantitative estimate of drug-likeness (QED) is 0.254. The summed E-state index contributed by atoms with van der Waals surface area (Å²) in [7, 11) is 0. The first-order valence-electron chi connectivity index (χ1n) is 10.1. The Labute approximate surface area is 184 Å². The minimum atomic E-state index is -0.357. The van der Waals surface area contributed by atoms with Gasteiger partial charge in [-0.25, -0.2) is 0 Å². The summed E-state index contributed by atoms with van der Waals surface area (Å²) in [5.41, 5.74) is 1.71. The molecule has 2 aromatic heterocycles. The van der Waals surface area contributed by atoms with Crippen LogP contribution < -0.4 is 0 Å². The van der Waals surface area contributed by atoms with Crippen molar-refractivity contribution in [3.63, 3.8) is 0 Å². The van der Waals surface area contributed by atoms with Crippen molar-refractivity contribution in [3.8, 4) is 0 Å². The van der Waals surface area contributed by atoms with Gasteiger partial charge >= 0.3 is 0 Å². The Morgan fingerprint density at radius 2 is 1.73 bits per heavy atom. The van der Waals surface area contributed by atoms with Crippen LogP contribution in [0.25, 0.3) is 0 Å². The Kier molecular flexibility index (Phi) is 5.51. The molecule has 1 saturated carbocycles. The van der Waals surface area contributed by atoms with Gasteiger partial charge in [0, 0.05) is 22.9 Å². The molecule has 1 aliphatic rings. The Morgan fingerprint density at radius 3 is 2.40 bits per heavy atom. The first-order valence-corrected chi connectivity index (χ1v) is 11.8. The standard InChI is InChI=1S/C24H21N3OS2/c28-22(17-8-3-1-4-9-17)23(18-10-5-2-6-11-18)30-24-26-25-21(27(24)19-13-14-19)16-20-12-7-15-29-20/h1-12,15,19,23H,13-14,16H2/t23-/m0/s1. The molecule has 1 aliphatic carbocycles. The molecule has 5 rings (SSSR count). The molecule has 0 radical (unpaired) electrons. The number of aromatic nitrogens is 3. The largest absolute Gasteiger partial charge is 0.303 e. The van der Waals surface area contributed by atoms with E-state index in [4.69, 9.17) is 0 Å². The third-order valence-electron chi connectivity index (χ3n) is 5.18. The van der Waals surface area contributed by atoms with Gasteiger partial charge in [-0.05, 0) is 29.9 Å². The van der Waals surface area contributed by atoms with Crippen molar-refractivity contribution in [1.82, 2.24) is 14.8 Å². The van der Waals surface area contributed by atoms with Crippen LogP contribution in [0.3, 0.4) is 0 Å². The van der Waals surface area contributed by atoms with Crippen molar-refractivity contribution in [1.29, 1.82) is 0 Å². The van der Waals surface area contributed by atoms with Crippen molar-refractivity contribution >= 4 is 28.9 Å². The lowest BCUT2D eigenvalue weighted by Crippen LogP contribution is -2.12. The van der Waals surface area contributed by atoms with Crippen LogP contribution in [-0.4, -0.2) is 20.5 Å². The molecule has 0 saturated heterocycles. The van der Waals surface area contributed by atoms with E-state index in [1.807, 2.05) is 60.7 Å². The molecule has 1 atom stereocenters. The second-order valence-electron chi connectivity index (χ2n) is 7.39. The molecule has 2 heterocycles. The number of thiophene rings is 1. The van der Waals surface area contributed by atoms with Crippen molar-refractivity contribution < 1.29 is 4.79 Å². The lowest BCUT2D eigenvalue weighted by atomic mass is 10.0. The summed E-state index contributed by atoms with van der Waals surface area (Å²) in [6.07, 6.45) is 3.07. The molecule has 0 aliphatic heterocycles. The molecule has 150 valence electrons. The molecular weight excluding hydrogens is 410 g/mol. The summed E-state index contributed by atoms with van der Waals surface area (Å²) < 4.78 is 2.26. The lowest BCUT2D eigenvalue weighted by Gasteiger charge is -2.17. The van der Waals surface area contributed by atoms with Crippen LogP contribution in [0.15, 0.2) is 83.3 Å². The van der Waals surface area contributed by atoms with Crippen molar-refractivity contribution in [3.05, 3.63) is 100 Å². The maximum atomic E-state index is 13.4. The summed E-state index contributed by atoms with van der Waals surface area (Å²) in [5, 5.41) is 11.6. The van der Waals surface area contributed by atoms with E-state index in [1.165, 1.54) is 16.6 Å². The Balaban J connectivity index is 1.49. The zero-order valence-corrected chi connectivity index (χ0v) is 18.0. The van der Waals surface area contributed by atoms with Gasteiger partial charge in [0.1, 0.15) is 11.1 Å². The van der Waals surface area contributed by atoms with E-state index in [1.54, 1.807) is 11.3 Å². The predicted molar refractivity (Wildman–Crippen MR) is 121 cm³/mol. The highest BCUT2D eigenvalue weighted by molar-refractivity contribution is 8.00. The number of carbonyl (C=O) groups is 1. The predicted octanol–water partition coefficient (Wildman–Crippen LogP) is 5.98. The van der Waals surface area contributed by atoms with E-state index < -0.39 is 0 Å². The van der Waals surface area contributed by atoms with Crippen molar-refractivity contribution in [2.45, 2.75) is 35.7 Å². The molecule has 4 nitrogen and oxygen atoms in total. The Morgan fingerprint density at radius 1 is 1.00 bits per heavy atom. The average molecular weight is 432 g/mol. The molecule has 2 aromatic carbocycles. The van der Waals surface area contributed by atoms with E-state index in [0.29, 0.717) is 6.04 Å². The highest BCUT2D eigenvalue weighted by atomic mass is 32.2. The number of hydrogen-bond acceptors (Lipinski definition) is 5. The van der Waals surface area contributed by atoms with E-state index in [2.05, 4.69) is 32.3 Å². The van der Waals surface area contributed by atoms with Crippen LogP contribution in [0.4, 0.5) is 0 Å². The van der Waals surface area contributed by atoms with Gasteiger partial charge in [0.25, 0.3) is 0 Å². The minimum absolute atomic E-state index is 0.0944. The number of rotatable bonds is 8. The lowest BCUT2D eigenvalue weighted by molar-refractivity contribution is 0.0989. The van der Waals surface area contributed by atoms with Crippen LogP contribution in [0.5, 0.6) is 0 Å². The topological polar surface area (TPSA) is 47.8 Å². The molecule has 0 amide bonds. The molecule has 0 spiro atoms. The van der Waals surface area contributed by atoms with Gasteiger partial charge in [-0.3, -0.25) is 4.79 Å². The zero-order valence-electron chi connectivity index (χ0n) is 16.3. The van der Waals surface area contributed by atoms with E-state index in [0.717, 1.165) is 41.4 Å². The SMILES string of the molecule is O=C(c1ccccc1)[C@@H](Sc1nnc(Cc2cccs2)n1C1CC1)c1ccccc1. The maximum absolute atomic E-state index is 13.4. The van der Waals surface area contributed by atoms with Crippen LogP contribution in [-0.2, 0) is 6.42 Å². The first kappa shape index (κ1) is 19.3. The number of thioether (sulfide) groups is 1. The average Bonchev–Trinajstić information content (AvgIpc) is 3.35. The third kappa shape index (κ3) is 4.11. The fraction of sp³-hybridized carbons (Fsp3) is 0.208. The number of nitrogens with zero attached hydrogens (tertiary/aromatic N) is 3. The summed E-state index contributed by atoms with van der Waals surface area (Å²) in [6.45, 7) is 0. The van der Waals surface area contributed by atoms with Gasteiger partial charge < -0.3 is 4.57 Å². The smallest absolute Gasteiger partial charge is 0.192 e. The van der Waals surface area contributed by atoms with Crippen molar-refractivity contribution in [2.24, 2.45) is 0 Å². The van der Waals surface area contributed by atoms with Gasteiger partial charge in [-0.2, -0.15) is 0 Å². The number of Topliss-reactive ketones (excluding diaryl/α,β-unsaturated/α-hetero) is 1. The fourth-order valence-electron chi connectivity index (χ4n) is 3.54. The first-order chi connectivity index (χ1) is 14.8. The molecule has 0 unspecified atom stereocenters. The normalized spacial score (nSPS) is 14.5. The molecule has 1 fully saturated rings. The van der Waals surface area contributed by atoms with Gasteiger partial charge in [0.05, 0.1) is 0 Å². The van der Waals surface area contributed by atoms with Gasteiger partial charge in [-0.15, -0.1) is 21.5 Å².